The molecule has 0 atom stereocenters. The van der Waals surface area contributed by atoms with Crippen LogP contribution in [0.3, 0.4) is 0 Å². The molecule has 1 aromatic carbocycles. The van der Waals surface area contributed by atoms with Crippen molar-refractivity contribution in [3.05, 3.63) is 29.3 Å². The third kappa shape index (κ3) is 2.64. The second-order valence-corrected chi connectivity index (χ2v) is 3.86. The van der Waals surface area contributed by atoms with Crippen molar-refractivity contribution in [2.24, 2.45) is 0 Å². The average molecular weight is 216 g/mol. The van der Waals surface area contributed by atoms with E-state index in [1.165, 1.54) is 6.07 Å². The van der Waals surface area contributed by atoms with Gasteiger partial charge in [-0.05, 0) is 42.9 Å². The second kappa shape index (κ2) is 3.43. The third-order valence-electron chi connectivity index (χ3n) is 2.41. The molecule has 15 heavy (non-hydrogen) atoms. The summed E-state index contributed by atoms with van der Waals surface area (Å²) < 4.78 is 40.4. The van der Waals surface area contributed by atoms with Gasteiger partial charge in [-0.2, -0.15) is 0 Å². The van der Waals surface area contributed by atoms with E-state index in [1.807, 2.05) is 6.07 Å². The van der Waals surface area contributed by atoms with Gasteiger partial charge in [0.25, 0.3) is 0 Å². The molecule has 1 aliphatic carbocycles. The lowest BCUT2D eigenvalue weighted by Crippen LogP contribution is -2.18. The zero-order valence-electron chi connectivity index (χ0n) is 8.27. The van der Waals surface area contributed by atoms with Gasteiger partial charge in [-0.15, -0.1) is 13.2 Å². The normalized spacial score (nSPS) is 16.5. The molecule has 0 bridgehead atoms. The molecule has 0 spiro atoms. The summed E-state index contributed by atoms with van der Waals surface area (Å²) >= 11 is 0. The molecule has 0 aromatic heterocycles. The van der Waals surface area contributed by atoms with Crippen LogP contribution in [0.4, 0.5) is 13.2 Å². The van der Waals surface area contributed by atoms with Crippen LogP contribution in [0, 0.1) is 6.92 Å². The zero-order valence-corrected chi connectivity index (χ0v) is 8.27. The predicted molar refractivity (Wildman–Crippen MR) is 49.8 cm³/mol. The van der Waals surface area contributed by atoms with Crippen LogP contribution in [0.25, 0.3) is 0 Å². The maximum absolute atomic E-state index is 12.1. The fourth-order valence-electron chi connectivity index (χ4n) is 1.59. The summed E-state index contributed by atoms with van der Waals surface area (Å²) in [5.74, 6) is 0.216. The van der Waals surface area contributed by atoms with Crippen LogP contribution in [0.15, 0.2) is 18.2 Å². The van der Waals surface area contributed by atoms with Gasteiger partial charge in [0.05, 0.1) is 0 Å². The summed E-state index contributed by atoms with van der Waals surface area (Å²) in [4.78, 5) is 0. The van der Waals surface area contributed by atoms with Crippen LogP contribution in [0.5, 0.6) is 5.75 Å². The molecule has 0 amide bonds. The molecule has 0 radical (unpaired) electrons. The van der Waals surface area contributed by atoms with Gasteiger partial charge in [0.1, 0.15) is 5.75 Å². The highest BCUT2D eigenvalue weighted by atomic mass is 19.4. The summed E-state index contributed by atoms with van der Waals surface area (Å²) in [6.07, 6.45) is -2.69. The summed E-state index contributed by atoms with van der Waals surface area (Å²) in [5, 5.41) is 0. The standard InChI is InChI=1S/C11H11F3O/c1-7-2-5-9(8-3-4-8)10(6-7)15-11(12,13)14/h2,5-6,8H,3-4H2,1H3. The number of hydrogen-bond acceptors (Lipinski definition) is 1. The molecule has 0 aliphatic heterocycles. The molecule has 2 rings (SSSR count). The first-order valence-electron chi connectivity index (χ1n) is 4.82. The van der Waals surface area contributed by atoms with Crippen LogP contribution in [-0.4, -0.2) is 6.36 Å². The molecule has 0 saturated heterocycles. The molecule has 0 unspecified atom stereocenters. The predicted octanol–water partition coefficient (Wildman–Crippen LogP) is 3.77. The Labute approximate surface area is 85.9 Å². The smallest absolute Gasteiger partial charge is 0.405 e. The molecular formula is C11H11F3O. The quantitative estimate of drug-likeness (QED) is 0.731. The van der Waals surface area contributed by atoms with E-state index in [1.54, 1.807) is 13.0 Å². The first-order valence-corrected chi connectivity index (χ1v) is 4.82. The summed E-state index contributed by atoms with van der Waals surface area (Å²) in [6.45, 7) is 1.75. The van der Waals surface area contributed by atoms with E-state index in [-0.39, 0.29) is 11.7 Å². The largest absolute Gasteiger partial charge is 0.573 e. The monoisotopic (exact) mass is 216 g/mol. The van der Waals surface area contributed by atoms with Crippen molar-refractivity contribution < 1.29 is 17.9 Å². The third-order valence-corrected chi connectivity index (χ3v) is 2.41. The number of rotatable bonds is 2. The molecule has 1 nitrogen and oxygen atoms in total. The summed E-state index contributed by atoms with van der Waals surface area (Å²) in [5.41, 5.74) is 1.46. The van der Waals surface area contributed by atoms with E-state index < -0.39 is 6.36 Å². The van der Waals surface area contributed by atoms with Gasteiger partial charge >= 0.3 is 6.36 Å². The van der Waals surface area contributed by atoms with Gasteiger partial charge < -0.3 is 4.74 Å². The average Bonchev–Trinajstić information content (AvgIpc) is 2.84. The number of alkyl halides is 3. The Kier molecular flexibility index (Phi) is 2.37. The lowest BCUT2D eigenvalue weighted by molar-refractivity contribution is -0.274. The minimum atomic E-state index is -4.60. The van der Waals surface area contributed by atoms with E-state index in [4.69, 9.17) is 0 Å². The van der Waals surface area contributed by atoms with Gasteiger partial charge in [0.2, 0.25) is 0 Å². The van der Waals surface area contributed by atoms with Crippen LogP contribution < -0.4 is 4.74 Å². The number of aryl methyl sites for hydroxylation is 1. The maximum Gasteiger partial charge on any atom is 0.573 e. The van der Waals surface area contributed by atoms with Crippen molar-refractivity contribution >= 4 is 0 Å². The fraction of sp³-hybridized carbons (Fsp3) is 0.455. The van der Waals surface area contributed by atoms with Crippen molar-refractivity contribution in [3.8, 4) is 5.75 Å². The Morgan fingerprint density at radius 1 is 1.27 bits per heavy atom. The fourth-order valence-corrected chi connectivity index (χ4v) is 1.59. The van der Waals surface area contributed by atoms with Crippen molar-refractivity contribution in [3.63, 3.8) is 0 Å². The lowest BCUT2D eigenvalue weighted by Gasteiger charge is -2.13. The minimum Gasteiger partial charge on any atom is -0.405 e. The van der Waals surface area contributed by atoms with Gasteiger partial charge in [0.15, 0.2) is 0 Å². The van der Waals surface area contributed by atoms with E-state index >= 15 is 0 Å². The van der Waals surface area contributed by atoms with Crippen molar-refractivity contribution in [1.29, 1.82) is 0 Å². The van der Waals surface area contributed by atoms with Gasteiger partial charge in [0, 0.05) is 0 Å². The number of hydrogen-bond donors (Lipinski definition) is 0. The molecule has 4 heteroatoms. The Balaban J connectivity index is 2.30. The number of benzene rings is 1. The number of halogens is 3. The Morgan fingerprint density at radius 3 is 2.47 bits per heavy atom. The highest BCUT2D eigenvalue weighted by Gasteiger charge is 2.34. The SMILES string of the molecule is Cc1ccc(C2CC2)c(OC(F)(F)F)c1. The highest BCUT2D eigenvalue weighted by Crippen LogP contribution is 2.45. The lowest BCUT2D eigenvalue weighted by atomic mass is 10.1. The zero-order chi connectivity index (χ0) is 11.1. The molecule has 1 fully saturated rings. The van der Waals surface area contributed by atoms with Crippen molar-refractivity contribution in [2.75, 3.05) is 0 Å². The summed E-state index contributed by atoms with van der Waals surface area (Å²) in [7, 11) is 0. The van der Waals surface area contributed by atoms with E-state index in [9.17, 15) is 13.2 Å². The number of ether oxygens (including phenoxy) is 1. The van der Waals surface area contributed by atoms with Crippen LogP contribution in [0.1, 0.15) is 29.9 Å². The van der Waals surface area contributed by atoms with Crippen LogP contribution in [-0.2, 0) is 0 Å². The molecule has 82 valence electrons. The molecule has 1 aromatic rings. The maximum atomic E-state index is 12.1. The molecule has 1 aliphatic rings. The summed E-state index contributed by atoms with van der Waals surface area (Å²) in [6, 6.07) is 4.99. The topological polar surface area (TPSA) is 9.23 Å². The second-order valence-electron chi connectivity index (χ2n) is 3.86. The molecule has 1 saturated carbocycles. The van der Waals surface area contributed by atoms with Crippen molar-refractivity contribution in [2.45, 2.75) is 32.0 Å². The van der Waals surface area contributed by atoms with Gasteiger partial charge in [-0.1, -0.05) is 12.1 Å². The Hall–Kier alpha value is -1.19. The van der Waals surface area contributed by atoms with Gasteiger partial charge in [-0.3, -0.25) is 0 Å². The molecule has 0 heterocycles. The van der Waals surface area contributed by atoms with E-state index in [0.717, 1.165) is 18.4 Å². The Bertz CT molecular complexity index is 367. The van der Waals surface area contributed by atoms with E-state index in [2.05, 4.69) is 4.74 Å². The first kappa shape index (κ1) is 10.3. The van der Waals surface area contributed by atoms with Crippen molar-refractivity contribution in [1.82, 2.24) is 0 Å². The highest BCUT2D eigenvalue weighted by molar-refractivity contribution is 5.41. The molecule has 0 N–H and O–H groups in total. The van der Waals surface area contributed by atoms with Crippen LogP contribution in [0.2, 0.25) is 0 Å². The first-order chi connectivity index (χ1) is 6.96. The van der Waals surface area contributed by atoms with E-state index in [0.29, 0.717) is 5.56 Å². The van der Waals surface area contributed by atoms with Crippen LogP contribution >= 0.6 is 0 Å². The minimum absolute atomic E-state index is 0.0370. The Morgan fingerprint density at radius 2 is 1.93 bits per heavy atom. The molecular weight excluding hydrogens is 205 g/mol. The van der Waals surface area contributed by atoms with Gasteiger partial charge in [-0.25, -0.2) is 0 Å².